The number of carbonyl (C=O) groups is 3. The number of hydrogen-bond donors (Lipinski definition) is 1. The Morgan fingerprint density at radius 3 is 2.48 bits per heavy atom. The number of amides is 3. The molecule has 0 radical (unpaired) electrons. The minimum Gasteiger partial charge on any atom is -0.319 e. The van der Waals surface area contributed by atoms with E-state index in [-0.39, 0.29) is 12.1 Å². The number of benzene rings is 2. The molecule has 1 aliphatic heterocycles. The molecule has 0 bridgehead atoms. The van der Waals surface area contributed by atoms with Crippen LogP contribution in [-0.2, 0) is 26.8 Å². The largest absolute Gasteiger partial charge is 0.325 e. The summed E-state index contributed by atoms with van der Waals surface area (Å²) >= 11 is 0. The van der Waals surface area contributed by atoms with Gasteiger partial charge < -0.3 is 5.32 Å². The topological polar surface area (TPSA) is 104 Å². The van der Waals surface area contributed by atoms with Gasteiger partial charge in [-0.2, -0.15) is 0 Å². The number of urea groups is 1. The van der Waals surface area contributed by atoms with Crippen molar-refractivity contribution in [2.24, 2.45) is 0 Å². The van der Waals surface area contributed by atoms with Crippen LogP contribution in [0, 0.1) is 0 Å². The molecule has 1 unspecified atom stereocenters. The van der Waals surface area contributed by atoms with E-state index in [2.05, 4.69) is 5.32 Å². The summed E-state index contributed by atoms with van der Waals surface area (Å²) in [4.78, 5) is 39.7. The average Bonchev–Trinajstić information content (AvgIpc) is 2.97. The molecule has 1 N–H and O–H groups in total. The van der Waals surface area contributed by atoms with E-state index in [4.69, 9.17) is 0 Å². The second-order valence-electron chi connectivity index (χ2n) is 7.94. The predicted octanol–water partition coefficient (Wildman–Crippen LogP) is 2.05. The molecule has 1 heterocycles. The molecule has 1 saturated heterocycles. The van der Waals surface area contributed by atoms with E-state index < -0.39 is 33.3 Å². The van der Waals surface area contributed by atoms with E-state index in [0.717, 1.165) is 39.4 Å². The van der Waals surface area contributed by atoms with Crippen molar-refractivity contribution in [3.63, 3.8) is 0 Å². The molecule has 1 aliphatic carbocycles. The molecule has 9 heteroatoms. The molecule has 8 nitrogen and oxygen atoms in total. The number of nitrogens with one attached hydrogen (secondary N) is 1. The predicted molar refractivity (Wildman–Crippen MR) is 115 cm³/mol. The van der Waals surface area contributed by atoms with Crippen LogP contribution in [0.1, 0.15) is 34.3 Å². The number of rotatable bonds is 5. The third-order valence-electron chi connectivity index (χ3n) is 6.00. The average molecular weight is 442 g/mol. The van der Waals surface area contributed by atoms with E-state index in [1.165, 1.54) is 31.3 Å². The molecule has 2 aromatic carbocycles. The first-order valence-corrected chi connectivity index (χ1v) is 11.8. The summed E-state index contributed by atoms with van der Waals surface area (Å²) in [5, 5.41) is 2.83. The van der Waals surface area contributed by atoms with Crippen LogP contribution in [0.3, 0.4) is 0 Å². The molecule has 162 valence electrons. The second kappa shape index (κ2) is 7.49. The van der Waals surface area contributed by atoms with Crippen LogP contribution in [0.2, 0.25) is 0 Å². The number of sulfonamides is 1. The lowest BCUT2D eigenvalue weighted by atomic mass is 9.76. The van der Waals surface area contributed by atoms with E-state index in [1.807, 2.05) is 24.3 Å². The van der Waals surface area contributed by atoms with Gasteiger partial charge in [-0.1, -0.05) is 24.3 Å². The van der Waals surface area contributed by atoms with Crippen LogP contribution in [0.15, 0.2) is 48.5 Å². The number of carbonyl (C=O) groups excluding carboxylic acids is 3. The van der Waals surface area contributed by atoms with Crippen LogP contribution in [0.25, 0.3) is 0 Å². The third kappa shape index (κ3) is 3.59. The highest BCUT2D eigenvalue weighted by Gasteiger charge is 2.54. The van der Waals surface area contributed by atoms with Gasteiger partial charge in [-0.25, -0.2) is 13.2 Å². The number of nitrogens with zero attached hydrogens (tertiary/aromatic N) is 2. The molecule has 1 atom stereocenters. The molecule has 4 rings (SSSR count). The van der Waals surface area contributed by atoms with Gasteiger partial charge in [0.25, 0.3) is 5.91 Å². The normalized spacial score (nSPS) is 20.5. The molecular formula is C22H23N3O5S. The quantitative estimate of drug-likeness (QED) is 0.565. The van der Waals surface area contributed by atoms with Gasteiger partial charge >= 0.3 is 6.03 Å². The Bertz CT molecular complexity index is 1180. The summed E-state index contributed by atoms with van der Waals surface area (Å²) in [6, 6.07) is 13.0. The first-order chi connectivity index (χ1) is 14.6. The van der Waals surface area contributed by atoms with Crippen molar-refractivity contribution in [1.29, 1.82) is 0 Å². The van der Waals surface area contributed by atoms with Gasteiger partial charge in [0.1, 0.15) is 5.54 Å². The first-order valence-electron chi connectivity index (χ1n) is 9.93. The maximum atomic E-state index is 13.3. The molecule has 2 aliphatic rings. The maximum absolute atomic E-state index is 13.3. The highest BCUT2D eigenvalue weighted by atomic mass is 32.2. The van der Waals surface area contributed by atoms with Gasteiger partial charge in [0.15, 0.2) is 5.78 Å². The van der Waals surface area contributed by atoms with E-state index >= 15 is 0 Å². The fourth-order valence-electron chi connectivity index (χ4n) is 4.24. The van der Waals surface area contributed by atoms with Gasteiger partial charge in [-0.05, 0) is 54.7 Å². The molecule has 0 saturated carbocycles. The SMILES string of the molecule is CN(c1ccc(C(=O)CN2C(=O)NC3(CCCc4ccccc43)C2=O)cc1)S(C)(=O)=O. The standard InChI is InChI=1S/C22H23N3O5S/c1-24(31(2,29)30)17-11-9-16(10-12-17)19(26)14-25-20(27)22(23-21(25)28)13-5-7-15-6-3-4-8-18(15)22/h3-4,6,8-12H,5,7,13-14H2,1-2H3,(H,23,28). The van der Waals surface area contributed by atoms with Crippen molar-refractivity contribution < 1.29 is 22.8 Å². The van der Waals surface area contributed by atoms with Crippen LogP contribution in [0.4, 0.5) is 10.5 Å². The van der Waals surface area contributed by atoms with Crippen LogP contribution >= 0.6 is 0 Å². The van der Waals surface area contributed by atoms with Crippen molar-refractivity contribution in [1.82, 2.24) is 10.2 Å². The van der Waals surface area contributed by atoms with Crippen molar-refractivity contribution in [3.8, 4) is 0 Å². The summed E-state index contributed by atoms with van der Waals surface area (Å²) in [6.07, 6.45) is 3.18. The fourth-order valence-corrected chi connectivity index (χ4v) is 4.74. The van der Waals surface area contributed by atoms with Gasteiger partial charge in [0.05, 0.1) is 18.5 Å². The Morgan fingerprint density at radius 2 is 1.81 bits per heavy atom. The zero-order chi connectivity index (χ0) is 22.4. The van der Waals surface area contributed by atoms with Gasteiger partial charge in [-0.15, -0.1) is 0 Å². The molecular weight excluding hydrogens is 418 g/mol. The Hall–Kier alpha value is -3.20. The number of anilines is 1. The Balaban J connectivity index is 1.55. The minimum absolute atomic E-state index is 0.288. The maximum Gasteiger partial charge on any atom is 0.325 e. The van der Waals surface area contributed by atoms with Crippen LogP contribution in [-0.4, -0.2) is 50.9 Å². The number of ketones is 1. The molecule has 31 heavy (non-hydrogen) atoms. The fraction of sp³-hybridized carbons (Fsp3) is 0.318. The molecule has 2 aromatic rings. The first kappa shape index (κ1) is 21.0. The lowest BCUT2D eigenvalue weighted by Gasteiger charge is -2.33. The number of hydrogen-bond acceptors (Lipinski definition) is 5. The van der Waals surface area contributed by atoms with E-state index in [0.29, 0.717) is 12.1 Å². The van der Waals surface area contributed by atoms with Crippen molar-refractivity contribution in [2.45, 2.75) is 24.8 Å². The van der Waals surface area contributed by atoms with Crippen molar-refractivity contribution >= 4 is 33.4 Å². The van der Waals surface area contributed by atoms with Gasteiger partial charge in [0, 0.05) is 12.6 Å². The van der Waals surface area contributed by atoms with Crippen LogP contribution in [0.5, 0.6) is 0 Å². The number of fused-ring (bicyclic) bond motifs is 2. The van der Waals surface area contributed by atoms with Gasteiger partial charge in [-0.3, -0.25) is 18.8 Å². The highest BCUT2D eigenvalue weighted by Crippen LogP contribution is 2.39. The minimum atomic E-state index is -3.42. The number of aryl methyl sites for hydroxylation is 1. The molecule has 3 amide bonds. The van der Waals surface area contributed by atoms with Crippen molar-refractivity contribution in [3.05, 3.63) is 65.2 Å². The summed E-state index contributed by atoms with van der Waals surface area (Å²) in [5.41, 5.74) is 1.40. The number of Topliss-reactive ketones (excluding diaryl/α,β-unsaturated/α-hetero) is 1. The Kier molecular flexibility index (Phi) is 5.09. The Morgan fingerprint density at radius 1 is 1.13 bits per heavy atom. The summed E-state index contributed by atoms with van der Waals surface area (Å²) in [6.45, 7) is -0.379. The van der Waals surface area contributed by atoms with Crippen LogP contribution < -0.4 is 9.62 Å². The molecule has 0 aromatic heterocycles. The third-order valence-corrected chi connectivity index (χ3v) is 7.21. The van der Waals surface area contributed by atoms with E-state index in [9.17, 15) is 22.8 Å². The Labute approximate surface area is 180 Å². The summed E-state index contributed by atoms with van der Waals surface area (Å²) < 4.78 is 24.4. The monoisotopic (exact) mass is 441 g/mol. The number of imide groups is 1. The highest BCUT2D eigenvalue weighted by molar-refractivity contribution is 7.92. The summed E-state index contributed by atoms with van der Waals surface area (Å²) in [5.74, 6) is -0.815. The van der Waals surface area contributed by atoms with Crippen molar-refractivity contribution in [2.75, 3.05) is 24.2 Å². The summed E-state index contributed by atoms with van der Waals surface area (Å²) in [7, 11) is -2.00. The smallest absolute Gasteiger partial charge is 0.319 e. The second-order valence-corrected chi connectivity index (χ2v) is 9.95. The molecule has 1 spiro atoms. The lowest BCUT2D eigenvalue weighted by molar-refractivity contribution is -0.131. The van der Waals surface area contributed by atoms with Gasteiger partial charge in [0.2, 0.25) is 10.0 Å². The zero-order valence-corrected chi connectivity index (χ0v) is 18.1. The van der Waals surface area contributed by atoms with E-state index in [1.54, 1.807) is 0 Å². The zero-order valence-electron chi connectivity index (χ0n) is 17.3. The lowest BCUT2D eigenvalue weighted by Crippen LogP contribution is -2.46. The molecule has 1 fully saturated rings.